The predicted molar refractivity (Wildman–Crippen MR) is 130 cm³/mol. The molecule has 4 rings (SSSR count). The molecule has 1 fully saturated rings. The van der Waals surface area contributed by atoms with Crippen LogP contribution in [-0.2, 0) is 9.47 Å². The molecule has 2 aliphatic rings. The zero-order chi connectivity index (χ0) is 24.5. The van der Waals surface area contributed by atoms with Crippen LogP contribution in [0.1, 0.15) is 51.2 Å². The number of aliphatic hydroxyl groups is 1. The maximum Gasteiger partial charge on any atom is 0.410 e. The van der Waals surface area contributed by atoms with Gasteiger partial charge in [0.05, 0.1) is 12.1 Å². The molecule has 7 heteroatoms. The first-order valence-corrected chi connectivity index (χ1v) is 11.9. The van der Waals surface area contributed by atoms with E-state index in [4.69, 9.17) is 9.47 Å². The molecular formula is C27H34N2O5. The SMILES string of the molecule is CC(CNC(=O)OCC1c2ccccc2-c2ccccc21)C1(O)CCN(C(=O)OC(C)(C)C)C1. The van der Waals surface area contributed by atoms with Crippen molar-refractivity contribution in [2.24, 2.45) is 5.92 Å². The second kappa shape index (κ2) is 9.29. The third-order valence-corrected chi connectivity index (χ3v) is 6.74. The first kappa shape index (κ1) is 24.1. The van der Waals surface area contributed by atoms with Crippen molar-refractivity contribution in [3.8, 4) is 11.1 Å². The quantitative estimate of drug-likeness (QED) is 0.676. The molecule has 0 aromatic heterocycles. The van der Waals surface area contributed by atoms with Crippen LogP contribution in [0.4, 0.5) is 9.59 Å². The van der Waals surface area contributed by atoms with Gasteiger partial charge >= 0.3 is 12.2 Å². The number of ether oxygens (including phenoxy) is 2. The van der Waals surface area contributed by atoms with E-state index in [0.717, 1.165) is 11.1 Å². The summed E-state index contributed by atoms with van der Waals surface area (Å²) in [6.07, 6.45) is -0.515. The van der Waals surface area contributed by atoms with E-state index in [1.807, 2.05) is 52.0 Å². The summed E-state index contributed by atoms with van der Waals surface area (Å²) >= 11 is 0. The predicted octanol–water partition coefficient (Wildman–Crippen LogP) is 4.53. The summed E-state index contributed by atoms with van der Waals surface area (Å²) < 4.78 is 11.0. The summed E-state index contributed by atoms with van der Waals surface area (Å²) in [5.74, 6) is -0.266. The largest absolute Gasteiger partial charge is 0.449 e. The van der Waals surface area contributed by atoms with E-state index in [1.165, 1.54) is 16.0 Å². The van der Waals surface area contributed by atoms with Crippen molar-refractivity contribution in [3.63, 3.8) is 0 Å². The van der Waals surface area contributed by atoms with Gasteiger partial charge in [-0.3, -0.25) is 0 Å². The van der Waals surface area contributed by atoms with Crippen LogP contribution in [-0.4, -0.2) is 59.6 Å². The van der Waals surface area contributed by atoms with Crippen molar-refractivity contribution < 1.29 is 24.2 Å². The highest BCUT2D eigenvalue weighted by molar-refractivity contribution is 5.79. The fraction of sp³-hybridized carbons (Fsp3) is 0.481. The molecule has 34 heavy (non-hydrogen) atoms. The van der Waals surface area contributed by atoms with E-state index >= 15 is 0 Å². The number of carbonyl (C=O) groups is 2. The molecule has 0 bridgehead atoms. The van der Waals surface area contributed by atoms with Crippen LogP contribution >= 0.6 is 0 Å². The summed E-state index contributed by atoms with van der Waals surface area (Å²) in [4.78, 5) is 26.3. The third kappa shape index (κ3) is 5.04. The number of rotatable bonds is 5. The fourth-order valence-electron chi connectivity index (χ4n) is 4.78. The Labute approximate surface area is 201 Å². The van der Waals surface area contributed by atoms with E-state index in [9.17, 15) is 14.7 Å². The van der Waals surface area contributed by atoms with Gasteiger partial charge in [-0.2, -0.15) is 0 Å². The molecule has 2 amide bonds. The average Bonchev–Trinajstić information content (AvgIpc) is 3.34. The molecule has 2 aromatic rings. The van der Waals surface area contributed by atoms with E-state index in [1.54, 1.807) is 0 Å². The van der Waals surface area contributed by atoms with Crippen molar-refractivity contribution in [1.82, 2.24) is 10.2 Å². The summed E-state index contributed by atoms with van der Waals surface area (Å²) in [5.41, 5.74) is 3.00. The zero-order valence-corrected chi connectivity index (χ0v) is 20.3. The number of likely N-dealkylation sites (tertiary alicyclic amines) is 1. The second-order valence-corrected chi connectivity index (χ2v) is 10.4. The number of nitrogens with zero attached hydrogens (tertiary/aromatic N) is 1. The number of hydrogen-bond donors (Lipinski definition) is 2. The molecule has 2 aromatic carbocycles. The van der Waals surface area contributed by atoms with E-state index < -0.39 is 23.4 Å². The maximum atomic E-state index is 12.5. The van der Waals surface area contributed by atoms with Gasteiger partial charge in [0.15, 0.2) is 0 Å². The summed E-state index contributed by atoms with van der Waals surface area (Å²) in [6, 6.07) is 16.4. The van der Waals surface area contributed by atoms with Gasteiger partial charge in [0.25, 0.3) is 0 Å². The second-order valence-electron chi connectivity index (χ2n) is 10.4. The van der Waals surface area contributed by atoms with Crippen LogP contribution in [0.25, 0.3) is 11.1 Å². The molecule has 0 spiro atoms. The van der Waals surface area contributed by atoms with Crippen molar-refractivity contribution in [2.75, 3.05) is 26.2 Å². The number of fused-ring (bicyclic) bond motifs is 3. The highest BCUT2D eigenvalue weighted by atomic mass is 16.6. The molecule has 1 saturated heterocycles. The lowest BCUT2D eigenvalue weighted by molar-refractivity contribution is -0.0104. The van der Waals surface area contributed by atoms with Crippen LogP contribution in [0.15, 0.2) is 48.5 Å². The van der Waals surface area contributed by atoms with Crippen molar-refractivity contribution in [3.05, 3.63) is 59.7 Å². The van der Waals surface area contributed by atoms with Gasteiger partial charge in [-0.05, 0) is 49.4 Å². The van der Waals surface area contributed by atoms with Gasteiger partial charge in [0.1, 0.15) is 12.2 Å². The summed E-state index contributed by atoms with van der Waals surface area (Å²) in [7, 11) is 0. The fourth-order valence-corrected chi connectivity index (χ4v) is 4.78. The van der Waals surface area contributed by atoms with Gasteiger partial charge in [-0.15, -0.1) is 0 Å². The Morgan fingerprint density at radius 1 is 1.12 bits per heavy atom. The van der Waals surface area contributed by atoms with Gasteiger partial charge in [0, 0.05) is 24.9 Å². The molecule has 1 heterocycles. The summed E-state index contributed by atoms with van der Waals surface area (Å²) in [6.45, 7) is 8.38. The molecule has 0 saturated carbocycles. The lowest BCUT2D eigenvalue weighted by Crippen LogP contribution is -2.46. The number of β-amino-alcohol motifs (C(OH)–C–C–N with tert-alkyl or cyclic N) is 1. The van der Waals surface area contributed by atoms with Crippen LogP contribution in [0.2, 0.25) is 0 Å². The van der Waals surface area contributed by atoms with E-state index in [0.29, 0.717) is 13.0 Å². The smallest absolute Gasteiger partial charge is 0.410 e. The highest BCUT2D eigenvalue weighted by Crippen LogP contribution is 2.44. The molecule has 1 aliphatic heterocycles. The Kier molecular flexibility index (Phi) is 6.58. The molecule has 2 atom stereocenters. The van der Waals surface area contributed by atoms with Crippen molar-refractivity contribution >= 4 is 12.2 Å². The maximum absolute atomic E-state index is 12.5. The lowest BCUT2D eigenvalue weighted by atomic mass is 9.88. The minimum atomic E-state index is -1.09. The number of hydrogen-bond acceptors (Lipinski definition) is 5. The first-order chi connectivity index (χ1) is 16.1. The van der Waals surface area contributed by atoms with Crippen LogP contribution < -0.4 is 5.32 Å². The van der Waals surface area contributed by atoms with Gasteiger partial charge in [-0.25, -0.2) is 9.59 Å². The minimum absolute atomic E-state index is 0.00280. The molecule has 182 valence electrons. The van der Waals surface area contributed by atoms with Crippen LogP contribution in [0.5, 0.6) is 0 Å². The topological polar surface area (TPSA) is 88.1 Å². The minimum Gasteiger partial charge on any atom is -0.449 e. The normalized spacial score (nSPS) is 20.4. The molecule has 7 nitrogen and oxygen atoms in total. The number of alkyl carbamates (subject to hydrolysis) is 1. The molecule has 2 unspecified atom stereocenters. The van der Waals surface area contributed by atoms with Gasteiger partial charge in [0.2, 0.25) is 0 Å². The van der Waals surface area contributed by atoms with Crippen molar-refractivity contribution in [1.29, 1.82) is 0 Å². The van der Waals surface area contributed by atoms with E-state index in [2.05, 4.69) is 29.6 Å². The first-order valence-electron chi connectivity index (χ1n) is 11.9. The van der Waals surface area contributed by atoms with Gasteiger partial charge < -0.3 is 24.8 Å². The Bertz CT molecular complexity index is 1020. The lowest BCUT2D eigenvalue weighted by Gasteiger charge is -2.30. The number of nitrogens with one attached hydrogen (secondary N) is 1. The van der Waals surface area contributed by atoms with Crippen LogP contribution in [0.3, 0.4) is 0 Å². The monoisotopic (exact) mass is 466 g/mol. The number of amides is 2. The summed E-state index contributed by atoms with van der Waals surface area (Å²) in [5, 5.41) is 13.9. The Morgan fingerprint density at radius 3 is 2.29 bits per heavy atom. The van der Waals surface area contributed by atoms with E-state index in [-0.39, 0.29) is 31.5 Å². The number of benzene rings is 2. The third-order valence-electron chi connectivity index (χ3n) is 6.74. The molecular weight excluding hydrogens is 432 g/mol. The standard InChI is InChI=1S/C27H34N2O5/c1-18(27(32)13-14-29(17-27)25(31)34-26(2,3)4)15-28-24(30)33-16-23-21-11-7-5-9-19(21)20-10-6-8-12-22(20)23/h5-12,18,23,32H,13-17H2,1-4H3,(H,28,30). The average molecular weight is 467 g/mol. The van der Waals surface area contributed by atoms with Crippen molar-refractivity contribution in [2.45, 2.75) is 51.2 Å². The molecule has 0 radical (unpaired) electrons. The Balaban J connectivity index is 1.29. The zero-order valence-electron chi connectivity index (χ0n) is 20.3. The number of carbonyl (C=O) groups excluding carboxylic acids is 2. The highest BCUT2D eigenvalue weighted by Gasteiger charge is 2.43. The van der Waals surface area contributed by atoms with Gasteiger partial charge in [-0.1, -0.05) is 55.5 Å². The van der Waals surface area contributed by atoms with Crippen LogP contribution in [0, 0.1) is 5.92 Å². The Hall–Kier alpha value is -3.06. The molecule has 2 N–H and O–H groups in total. The molecule has 1 aliphatic carbocycles. The Morgan fingerprint density at radius 2 is 1.71 bits per heavy atom.